The molecule has 0 radical (unpaired) electrons. The third-order valence-corrected chi connectivity index (χ3v) is 4.10. The molecule has 2 atom stereocenters. The number of hydrogen-bond acceptors (Lipinski definition) is 3. The highest BCUT2D eigenvalue weighted by Gasteiger charge is 2.22. The lowest BCUT2D eigenvalue weighted by atomic mass is 10.0. The molecule has 21 heavy (non-hydrogen) atoms. The molecule has 5 nitrogen and oxygen atoms in total. The quantitative estimate of drug-likeness (QED) is 0.552. The van der Waals surface area contributed by atoms with Crippen LogP contribution >= 0.6 is 0 Å². The summed E-state index contributed by atoms with van der Waals surface area (Å²) in [5.41, 5.74) is 0. The third kappa shape index (κ3) is 6.22. The van der Waals surface area contributed by atoms with Crippen molar-refractivity contribution in [3.05, 3.63) is 0 Å². The summed E-state index contributed by atoms with van der Waals surface area (Å²) >= 11 is 0. The van der Waals surface area contributed by atoms with Crippen LogP contribution in [0.1, 0.15) is 39.5 Å². The highest BCUT2D eigenvalue weighted by atomic mass is 16.5. The fourth-order valence-corrected chi connectivity index (χ4v) is 2.71. The molecule has 1 heterocycles. The van der Waals surface area contributed by atoms with E-state index in [1.54, 1.807) is 0 Å². The summed E-state index contributed by atoms with van der Waals surface area (Å²) in [5.74, 6) is 2.40. The second-order valence-electron chi connectivity index (χ2n) is 6.52. The number of hydrogen-bond donors (Lipinski definition) is 2. The first-order valence-corrected chi connectivity index (χ1v) is 8.48. The predicted octanol–water partition coefficient (Wildman–Crippen LogP) is 1.47. The summed E-state index contributed by atoms with van der Waals surface area (Å²) in [4.78, 5) is 6.90. The molecular weight excluding hydrogens is 266 g/mol. The number of nitrogens with zero attached hydrogens (tertiary/aromatic N) is 2. The van der Waals surface area contributed by atoms with Crippen LogP contribution in [0.15, 0.2) is 4.99 Å². The molecule has 2 fully saturated rings. The molecule has 1 saturated carbocycles. The Balaban J connectivity index is 1.75. The number of ether oxygens (including phenoxy) is 1. The van der Waals surface area contributed by atoms with Gasteiger partial charge in [0.2, 0.25) is 0 Å². The normalized spacial score (nSPS) is 25.0. The molecule has 5 heteroatoms. The van der Waals surface area contributed by atoms with Gasteiger partial charge >= 0.3 is 0 Å². The van der Waals surface area contributed by atoms with E-state index in [0.717, 1.165) is 44.0 Å². The van der Waals surface area contributed by atoms with E-state index in [4.69, 9.17) is 4.74 Å². The number of nitrogens with one attached hydrogen (secondary N) is 1. The molecule has 2 unspecified atom stereocenters. The standard InChI is InChI=1S/C16H31N3O2/c1-3-17-16(19-8-4-5-13(2)10-19)18-9-15(20)12-21-11-14-6-7-14/h13-15,20H,3-12H2,1-2H3,(H,17,18). The minimum atomic E-state index is -0.500. The highest BCUT2D eigenvalue weighted by molar-refractivity contribution is 5.80. The molecule has 0 spiro atoms. The first kappa shape index (κ1) is 16.6. The highest BCUT2D eigenvalue weighted by Crippen LogP contribution is 2.28. The molecule has 2 rings (SSSR count). The van der Waals surface area contributed by atoms with Crippen LogP contribution in [0.2, 0.25) is 0 Å². The van der Waals surface area contributed by atoms with Crippen LogP contribution in [0.4, 0.5) is 0 Å². The number of guanidine groups is 1. The van der Waals surface area contributed by atoms with Gasteiger partial charge in [0.25, 0.3) is 0 Å². The van der Waals surface area contributed by atoms with Gasteiger partial charge in [-0.3, -0.25) is 4.99 Å². The second kappa shape index (κ2) is 8.59. The maximum Gasteiger partial charge on any atom is 0.194 e. The van der Waals surface area contributed by atoms with E-state index in [-0.39, 0.29) is 0 Å². The van der Waals surface area contributed by atoms with Gasteiger partial charge in [-0.15, -0.1) is 0 Å². The Hall–Kier alpha value is -0.810. The van der Waals surface area contributed by atoms with Gasteiger partial charge in [-0.2, -0.15) is 0 Å². The molecule has 0 amide bonds. The minimum Gasteiger partial charge on any atom is -0.389 e. The summed E-state index contributed by atoms with van der Waals surface area (Å²) in [6, 6.07) is 0. The van der Waals surface area contributed by atoms with Crippen molar-refractivity contribution >= 4 is 5.96 Å². The Morgan fingerprint density at radius 2 is 2.24 bits per heavy atom. The summed E-state index contributed by atoms with van der Waals surface area (Å²) in [6.45, 7) is 8.95. The summed E-state index contributed by atoms with van der Waals surface area (Å²) in [7, 11) is 0. The fraction of sp³-hybridized carbons (Fsp3) is 0.938. The third-order valence-electron chi connectivity index (χ3n) is 4.10. The van der Waals surface area contributed by atoms with Crippen LogP contribution in [0.5, 0.6) is 0 Å². The average Bonchev–Trinajstić information content (AvgIpc) is 3.27. The van der Waals surface area contributed by atoms with Gasteiger partial charge in [-0.05, 0) is 44.4 Å². The first-order valence-electron chi connectivity index (χ1n) is 8.48. The Morgan fingerprint density at radius 3 is 2.90 bits per heavy atom. The van der Waals surface area contributed by atoms with Crippen molar-refractivity contribution in [1.82, 2.24) is 10.2 Å². The molecule has 2 N–H and O–H groups in total. The SMILES string of the molecule is CCNC(=NCC(O)COCC1CC1)N1CCCC(C)C1. The van der Waals surface area contributed by atoms with Crippen LogP contribution in [0.3, 0.4) is 0 Å². The minimum absolute atomic E-state index is 0.399. The Morgan fingerprint density at radius 1 is 1.43 bits per heavy atom. The molecule has 1 aliphatic heterocycles. The van der Waals surface area contributed by atoms with Crippen molar-refractivity contribution < 1.29 is 9.84 Å². The number of piperidine rings is 1. The summed E-state index contributed by atoms with van der Waals surface area (Å²) in [6.07, 6.45) is 4.59. The fourth-order valence-electron chi connectivity index (χ4n) is 2.71. The lowest BCUT2D eigenvalue weighted by Gasteiger charge is -2.33. The lowest BCUT2D eigenvalue weighted by molar-refractivity contribution is 0.0367. The van der Waals surface area contributed by atoms with Crippen LogP contribution in [0, 0.1) is 11.8 Å². The van der Waals surface area contributed by atoms with E-state index < -0.39 is 6.10 Å². The van der Waals surface area contributed by atoms with Crippen LogP contribution in [-0.2, 0) is 4.74 Å². The summed E-state index contributed by atoms with van der Waals surface area (Å²) in [5, 5.41) is 13.3. The van der Waals surface area contributed by atoms with Gasteiger partial charge < -0.3 is 20.1 Å². The molecule has 1 aliphatic carbocycles. The topological polar surface area (TPSA) is 57.1 Å². The zero-order chi connectivity index (χ0) is 15.1. The molecule has 0 bridgehead atoms. The van der Waals surface area contributed by atoms with Gasteiger partial charge in [-0.25, -0.2) is 0 Å². The maximum atomic E-state index is 9.97. The summed E-state index contributed by atoms with van der Waals surface area (Å²) < 4.78 is 5.52. The van der Waals surface area contributed by atoms with Crippen molar-refractivity contribution in [2.24, 2.45) is 16.8 Å². The predicted molar refractivity (Wildman–Crippen MR) is 85.5 cm³/mol. The Kier molecular flexibility index (Phi) is 6.77. The molecule has 122 valence electrons. The van der Waals surface area contributed by atoms with Crippen LogP contribution < -0.4 is 5.32 Å². The molecule has 0 aromatic heterocycles. The second-order valence-corrected chi connectivity index (χ2v) is 6.52. The zero-order valence-electron chi connectivity index (χ0n) is 13.6. The number of rotatable bonds is 7. The molecular formula is C16H31N3O2. The molecule has 1 saturated heterocycles. The van der Waals surface area contributed by atoms with Crippen LogP contribution in [-0.4, -0.2) is 61.5 Å². The van der Waals surface area contributed by atoms with Crippen molar-refractivity contribution in [2.75, 3.05) is 39.4 Å². The average molecular weight is 297 g/mol. The monoisotopic (exact) mass is 297 g/mol. The van der Waals surface area contributed by atoms with Gasteiger partial charge in [0, 0.05) is 26.2 Å². The van der Waals surface area contributed by atoms with Crippen LogP contribution in [0.25, 0.3) is 0 Å². The maximum absolute atomic E-state index is 9.97. The van der Waals surface area contributed by atoms with Crippen molar-refractivity contribution in [2.45, 2.75) is 45.6 Å². The van der Waals surface area contributed by atoms with Gasteiger partial charge in [0.1, 0.15) is 0 Å². The molecule has 0 aromatic rings. The zero-order valence-corrected chi connectivity index (χ0v) is 13.6. The lowest BCUT2D eigenvalue weighted by Crippen LogP contribution is -2.46. The van der Waals surface area contributed by atoms with Crippen molar-refractivity contribution in [3.63, 3.8) is 0 Å². The number of aliphatic imine (C=N–C) groups is 1. The molecule has 2 aliphatic rings. The van der Waals surface area contributed by atoms with E-state index in [9.17, 15) is 5.11 Å². The van der Waals surface area contributed by atoms with Gasteiger partial charge in [0.05, 0.1) is 19.3 Å². The van der Waals surface area contributed by atoms with E-state index in [1.165, 1.54) is 25.7 Å². The van der Waals surface area contributed by atoms with Crippen molar-refractivity contribution in [3.8, 4) is 0 Å². The number of aliphatic hydroxyl groups excluding tert-OH is 1. The van der Waals surface area contributed by atoms with E-state index in [2.05, 4.69) is 29.1 Å². The van der Waals surface area contributed by atoms with Gasteiger partial charge in [-0.1, -0.05) is 6.92 Å². The van der Waals surface area contributed by atoms with E-state index in [1.807, 2.05) is 0 Å². The Labute approximate surface area is 128 Å². The number of likely N-dealkylation sites (tertiary alicyclic amines) is 1. The largest absolute Gasteiger partial charge is 0.389 e. The van der Waals surface area contributed by atoms with Gasteiger partial charge in [0.15, 0.2) is 5.96 Å². The smallest absolute Gasteiger partial charge is 0.194 e. The van der Waals surface area contributed by atoms with Crippen molar-refractivity contribution in [1.29, 1.82) is 0 Å². The number of aliphatic hydroxyl groups is 1. The Bertz CT molecular complexity index is 331. The first-order chi connectivity index (χ1) is 10.2. The van der Waals surface area contributed by atoms with E-state index >= 15 is 0 Å². The molecule has 0 aromatic carbocycles. The van der Waals surface area contributed by atoms with E-state index in [0.29, 0.717) is 13.2 Å².